The molecule has 2 nitrogen and oxygen atoms in total. The average Bonchev–Trinajstić information content (AvgIpc) is 2.69. The number of hydrogen-bond donors (Lipinski definition) is 1. The maximum Gasteiger partial charge on any atom is 0.178 e. The number of imidazole rings is 1. The predicted molar refractivity (Wildman–Crippen MR) is 85.1 cm³/mol. The summed E-state index contributed by atoms with van der Waals surface area (Å²) < 4.78 is 17.2. The lowest BCUT2D eigenvalue weighted by atomic mass is 10.2. The molecule has 1 N–H and O–H groups in total. The van der Waals surface area contributed by atoms with Gasteiger partial charge in [-0.05, 0) is 54.5 Å². The van der Waals surface area contributed by atoms with Crippen LogP contribution in [0.25, 0.3) is 11.0 Å². The van der Waals surface area contributed by atoms with Gasteiger partial charge in [0.1, 0.15) is 5.82 Å². The quantitative estimate of drug-likeness (QED) is 0.648. The van der Waals surface area contributed by atoms with Crippen molar-refractivity contribution in [1.82, 2.24) is 9.55 Å². The van der Waals surface area contributed by atoms with Crippen LogP contribution in [0.15, 0.2) is 40.9 Å². The van der Waals surface area contributed by atoms with E-state index in [1.54, 1.807) is 6.92 Å². The molecule has 0 saturated heterocycles. The summed E-state index contributed by atoms with van der Waals surface area (Å²) in [7, 11) is 0. The van der Waals surface area contributed by atoms with Gasteiger partial charge in [-0.3, -0.25) is 0 Å². The zero-order valence-corrected chi connectivity index (χ0v) is 13.2. The van der Waals surface area contributed by atoms with Crippen molar-refractivity contribution in [2.45, 2.75) is 13.5 Å². The number of aromatic amines is 1. The predicted octanol–water partition coefficient (Wildman–Crippen LogP) is 4.96. The van der Waals surface area contributed by atoms with Crippen LogP contribution < -0.4 is 0 Å². The molecule has 20 heavy (non-hydrogen) atoms. The molecule has 0 fully saturated rings. The number of hydrogen-bond acceptors (Lipinski definition) is 1. The molecule has 0 radical (unpaired) electrons. The van der Waals surface area contributed by atoms with E-state index in [1.165, 1.54) is 6.07 Å². The molecule has 0 saturated carbocycles. The summed E-state index contributed by atoms with van der Waals surface area (Å²) in [6.07, 6.45) is 0. The molecule has 3 rings (SSSR count). The average molecular weight is 351 g/mol. The summed E-state index contributed by atoms with van der Waals surface area (Å²) >= 11 is 8.76. The van der Waals surface area contributed by atoms with Gasteiger partial charge in [0.2, 0.25) is 0 Å². The van der Waals surface area contributed by atoms with Crippen LogP contribution in [0.3, 0.4) is 0 Å². The van der Waals surface area contributed by atoms with Crippen LogP contribution in [-0.2, 0) is 6.54 Å². The SMILES string of the molecule is Cc1cc2c(cc1F)[nH]c(=S)n2Cc1ccc(Br)cc1. The number of aromatic nitrogens is 2. The van der Waals surface area contributed by atoms with Crippen molar-refractivity contribution < 1.29 is 4.39 Å². The number of fused-ring (bicyclic) bond motifs is 1. The Morgan fingerprint density at radius 3 is 2.65 bits per heavy atom. The van der Waals surface area contributed by atoms with Crippen LogP contribution in [0.4, 0.5) is 4.39 Å². The largest absolute Gasteiger partial charge is 0.330 e. The summed E-state index contributed by atoms with van der Waals surface area (Å²) in [5, 5.41) is 0. The highest BCUT2D eigenvalue weighted by atomic mass is 79.9. The van der Waals surface area contributed by atoms with Gasteiger partial charge < -0.3 is 9.55 Å². The number of halogens is 2. The minimum absolute atomic E-state index is 0.218. The molecule has 1 heterocycles. The second-order valence-corrected chi connectivity index (χ2v) is 6.06. The van der Waals surface area contributed by atoms with Gasteiger partial charge >= 0.3 is 0 Å². The molecule has 0 atom stereocenters. The van der Waals surface area contributed by atoms with E-state index in [4.69, 9.17) is 12.2 Å². The normalized spacial score (nSPS) is 11.2. The number of aryl methyl sites for hydroxylation is 1. The second-order valence-electron chi connectivity index (χ2n) is 4.76. The Bertz CT molecular complexity index is 833. The van der Waals surface area contributed by atoms with Gasteiger partial charge in [0, 0.05) is 4.47 Å². The first-order valence-electron chi connectivity index (χ1n) is 6.18. The minimum atomic E-state index is -0.218. The van der Waals surface area contributed by atoms with Crippen LogP contribution >= 0.6 is 28.1 Å². The Hall–Kier alpha value is -1.46. The highest BCUT2D eigenvalue weighted by Gasteiger charge is 2.08. The highest BCUT2D eigenvalue weighted by molar-refractivity contribution is 9.10. The summed E-state index contributed by atoms with van der Waals surface area (Å²) in [4.78, 5) is 3.06. The van der Waals surface area contributed by atoms with E-state index in [-0.39, 0.29) is 5.82 Å². The van der Waals surface area contributed by atoms with Crippen LogP contribution in [0.1, 0.15) is 11.1 Å². The molecule has 0 aliphatic carbocycles. The molecule has 102 valence electrons. The molecular formula is C15H12BrFN2S. The van der Waals surface area contributed by atoms with E-state index in [1.807, 2.05) is 34.9 Å². The number of nitrogens with zero attached hydrogens (tertiary/aromatic N) is 1. The lowest BCUT2D eigenvalue weighted by molar-refractivity contribution is 0.620. The lowest BCUT2D eigenvalue weighted by Gasteiger charge is -2.06. The highest BCUT2D eigenvalue weighted by Crippen LogP contribution is 2.20. The van der Waals surface area contributed by atoms with E-state index >= 15 is 0 Å². The van der Waals surface area contributed by atoms with Gasteiger partial charge in [-0.25, -0.2) is 4.39 Å². The number of H-pyrrole nitrogens is 1. The van der Waals surface area contributed by atoms with Gasteiger partial charge in [0.05, 0.1) is 17.6 Å². The molecule has 0 spiro atoms. The number of rotatable bonds is 2. The van der Waals surface area contributed by atoms with Crippen LogP contribution in [-0.4, -0.2) is 9.55 Å². The van der Waals surface area contributed by atoms with Crippen molar-refractivity contribution in [3.05, 3.63) is 62.6 Å². The second kappa shape index (κ2) is 5.14. The summed E-state index contributed by atoms with van der Waals surface area (Å²) in [6, 6.07) is 11.4. The molecule has 0 aliphatic heterocycles. The van der Waals surface area contributed by atoms with Crippen molar-refractivity contribution in [2.75, 3.05) is 0 Å². The van der Waals surface area contributed by atoms with Crippen molar-refractivity contribution in [3.63, 3.8) is 0 Å². The van der Waals surface area contributed by atoms with Gasteiger partial charge in [0.15, 0.2) is 4.77 Å². The van der Waals surface area contributed by atoms with Crippen molar-refractivity contribution in [2.24, 2.45) is 0 Å². The van der Waals surface area contributed by atoms with Gasteiger partial charge in [0.25, 0.3) is 0 Å². The van der Waals surface area contributed by atoms with E-state index in [0.29, 0.717) is 16.9 Å². The van der Waals surface area contributed by atoms with Crippen LogP contribution in [0.2, 0.25) is 0 Å². The smallest absolute Gasteiger partial charge is 0.178 e. The minimum Gasteiger partial charge on any atom is -0.330 e. The fourth-order valence-corrected chi connectivity index (χ4v) is 2.75. The fraction of sp³-hybridized carbons (Fsp3) is 0.133. The molecule has 0 amide bonds. The van der Waals surface area contributed by atoms with Crippen molar-refractivity contribution >= 4 is 39.2 Å². The monoisotopic (exact) mass is 350 g/mol. The first-order chi connectivity index (χ1) is 9.54. The Balaban J connectivity index is 2.11. The van der Waals surface area contributed by atoms with E-state index in [2.05, 4.69) is 20.9 Å². The van der Waals surface area contributed by atoms with E-state index in [9.17, 15) is 4.39 Å². The maximum atomic E-state index is 13.6. The van der Waals surface area contributed by atoms with Gasteiger partial charge in [-0.2, -0.15) is 0 Å². The summed E-state index contributed by atoms with van der Waals surface area (Å²) in [6.45, 7) is 2.42. The van der Waals surface area contributed by atoms with Crippen molar-refractivity contribution in [3.8, 4) is 0 Å². The first-order valence-corrected chi connectivity index (χ1v) is 7.38. The topological polar surface area (TPSA) is 20.7 Å². The molecular weight excluding hydrogens is 339 g/mol. The Morgan fingerprint density at radius 2 is 1.95 bits per heavy atom. The molecule has 2 aromatic carbocycles. The van der Waals surface area contributed by atoms with Gasteiger partial charge in [-0.1, -0.05) is 28.1 Å². The van der Waals surface area contributed by atoms with Crippen LogP contribution in [0.5, 0.6) is 0 Å². The fourth-order valence-electron chi connectivity index (χ4n) is 2.21. The third-order valence-electron chi connectivity index (χ3n) is 3.31. The molecule has 0 bridgehead atoms. The number of benzene rings is 2. The molecule has 5 heteroatoms. The first kappa shape index (κ1) is 13.5. The summed E-state index contributed by atoms with van der Waals surface area (Å²) in [5.74, 6) is -0.218. The lowest BCUT2D eigenvalue weighted by Crippen LogP contribution is -1.99. The third-order valence-corrected chi connectivity index (χ3v) is 4.16. The van der Waals surface area contributed by atoms with E-state index < -0.39 is 0 Å². The number of nitrogens with one attached hydrogen (secondary N) is 1. The van der Waals surface area contributed by atoms with Gasteiger partial charge in [-0.15, -0.1) is 0 Å². The zero-order chi connectivity index (χ0) is 14.3. The van der Waals surface area contributed by atoms with Crippen molar-refractivity contribution in [1.29, 1.82) is 0 Å². The Kier molecular flexibility index (Phi) is 3.48. The van der Waals surface area contributed by atoms with Crippen LogP contribution in [0, 0.1) is 17.5 Å². The molecule has 1 aromatic heterocycles. The summed E-state index contributed by atoms with van der Waals surface area (Å²) in [5.41, 5.74) is 3.43. The Labute approximate surface area is 129 Å². The van der Waals surface area contributed by atoms with E-state index in [0.717, 1.165) is 21.1 Å². The Morgan fingerprint density at radius 1 is 1.25 bits per heavy atom. The molecule has 0 unspecified atom stereocenters. The standard InChI is InChI=1S/C15H12BrFN2S/c1-9-6-14-13(7-12(9)17)18-15(20)19(14)8-10-2-4-11(16)5-3-10/h2-7H,8H2,1H3,(H,18,20). The third kappa shape index (κ3) is 2.43. The maximum absolute atomic E-state index is 13.6. The molecule has 3 aromatic rings. The zero-order valence-electron chi connectivity index (χ0n) is 10.8. The molecule has 0 aliphatic rings.